The van der Waals surface area contributed by atoms with E-state index in [1.54, 1.807) is 7.11 Å². The van der Waals surface area contributed by atoms with E-state index in [0.717, 1.165) is 26.1 Å². The van der Waals surface area contributed by atoms with Crippen molar-refractivity contribution < 1.29 is 9.53 Å². The third-order valence-electron chi connectivity index (χ3n) is 3.32. The van der Waals surface area contributed by atoms with E-state index in [1.165, 1.54) is 12.8 Å². The first-order valence-corrected chi connectivity index (χ1v) is 6.90. The molecule has 1 amide bonds. The van der Waals surface area contributed by atoms with Gasteiger partial charge in [0.1, 0.15) is 0 Å². The molecule has 0 aliphatic carbocycles. The van der Waals surface area contributed by atoms with E-state index in [2.05, 4.69) is 10.2 Å². The fourth-order valence-electron chi connectivity index (χ4n) is 2.33. The zero-order valence-electron chi connectivity index (χ0n) is 11.7. The van der Waals surface area contributed by atoms with Crippen LogP contribution in [0.5, 0.6) is 0 Å². The number of ether oxygens (including phenoxy) is 1. The van der Waals surface area contributed by atoms with Gasteiger partial charge in [0, 0.05) is 26.3 Å². The van der Waals surface area contributed by atoms with E-state index in [1.807, 2.05) is 6.92 Å². The molecule has 0 radical (unpaired) electrons. The number of hydrogen-bond acceptors (Lipinski definition) is 4. The molecule has 0 bridgehead atoms. The first-order valence-electron chi connectivity index (χ1n) is 6.90. The van der Waals surface area contributed by atoms with Crippen molar-refractivity contribution in [2.75, 3.05) is 33.4 Å². The molecule has 1 aliphatic heterocycles. The number of nitrogens with one attached hydrogen (secondary N) is 1. The predicted octanol–water partition coefficient (Wildman–Crippen LogP) is 0.341. The zero-order valence-corrected chi connectivity index (χ0v) is 11.7. The molecule has 1 rings (SSSR count). The second-order valence-corrected chi connectivity index (χ2v) is 5.16. The average molecular weight is 257 g/mol. The van der Waals surface area contributed by atoms with Crippen LogP contribution in [0.4, 0.5) is 0 Å². The summed E-state index contributed by atoms with van der Waals surface area (Å²) in [4.78, 5) is 14.2. The maximum absolute atomic E-state index is 11.8. The van der Waals surface area contributed by atoms with Gasteiger partial charge < -0.3 is 20.7 Å². The van der Waals surface area contributed by atoms with Crippen LogP contribution in [0.25, 0.3) is 0 Å². The summed E-state index contributed by atoms with van der Waals surface area (Å²) in [5, 5.41) is 2.99. The Hall–Kier alpha value is -0.650. The van der Waals surface area contributed by atoms with Gasteiger partial charge in [-0.3, -0.25) is 4.79 Å². The van der Waals surface area contributed by atoms with Crippen LogP contribution in [0.2, 0.25) is 0 Å². The topological polar surface area (TPSA) is 67.6 Å². The summed E-state index contributed by atoms with van der Waals surface area (Å²) in [6.07, 6.45) is 4.05. The Balaban J connectivity index is 2.16. The molecular formula is C13H27N3O2. The molecule has 1 heterocycles. The third-order valence-corrected chi connectivity index (χ3v) is 3.32. The molecule has 1 aliphatic rings. The first-order chi connectivity index (χ1) is 8.63. The molecule has 5 heteroatoms. The summed E-state index contributed by atoms with van der Waals surface area (Å²) >= 11 is 0. The molecular weight excluding hydrogens is 230 g/mol. The minimum Gasteiger partial charge on any atom is -0.385 e. The van der Waals surface area contributed by atoms with Crippen LogP contribution < -0.4 is 11.1 Å². The molecule has 0 aromatic rings. The summed E-state index contributed by atoms with van der Waals surface area (Å²) in [6, 6.07) is -0.245. The molecule has 0 saturated carbocycles. The van der Waals surface area contributed by atoms with Gasteiger partial charge in [-0.15, -0.1) is 0 Å². The van der Waals surface area contributed by atoms with Gasteiger partial charge in [0.15, 0.2) is 0 Å². The van der Waals surface area contributed by atoms with Crippen molar-refractivity contribution in [3.05, 3.63) is 0 Å². The average Bonchev–Trinajstić information content (AvgIpc) is 2.81. The normalized spacial score (nSPS) is 19.7. The molecule has 2 unspecified atom stereocenters. The molecule has 0 aromatic carbocycles. The first kappa shape index (κ1) is 15.4. The highest BCUT2D eigenvalue weighted by Crippen LogP contribution is 2.07. The van der Waals surface area contributed by atoms with Gasteiger partial charge in [0.2, 0.25) is 5.91 Å². The number of methoxy groups -OCH3 is 1. The van der Waals surface area contributed by atoms with Crippen LogP contribution in [-0.4, -0.2) is 56.2 Å². The molecule has 106 valence electrons. The van der Waals surface area contributed by atoms with Crippen molar-refractivity contribution in [1.29, 1.82) is 0 Å². The maximum Gasteiger partial charge on any atom is 0.237 e. The molecule has 1 fully saturated rings. The Bertz CT molecular complexity index is 242. The van der Waals surface area contributed by atoms with E-state index < -0.39 is 6.04 Å². The van der Waals surface area contributed by atoms with Crippen LogP contribution in [0.15, 0.2) is 0 Å². The molecule has 3 N–H and O–H groups in total. The molecule has 5 nitrogen and oxygen atoms in total. The Morgan fingerprint density at radius 2 is 2.11 bits per heavy atom. The fraction of sp³-hybridized carbons (Fsp3) is 0.923. The van der Waals surface area contributed by atoms with E-state index in [0.29, 0.717) is 13.0 Å². The van der Waals surface area contributed by atoms with Gasteiger partial charge in [-0.05, 0) is 45.7 Å². The number of likely N-dealkylation sites (tertiary alicyclic amines) is 1. The van der Waals surface area contributed by atoms with Gasteiger partial charge >= 0.3 is 0 Å². The molecule has 2 atom stereocenters. The monoisotopic (exact) mass is 257 g/mol. The standard InChI is InChI=1S/C13H27N3O2/c1-11(10-16-7-3-4-8-16)15-13(17)12(14)6-5-9-18-2/h11-12H,3-10,14H2,1-2H3,(H,15,17). The van der Waals surface area contributed by atoms with Crippen LogP contribution in [0.1, 0.15) is 32.6 Å². The van der Waals surface area contributed by atoms with Crippen LogP contribution in [0.3, 0.4) is 0 Å². The lowest BCUT2D eigenvalue weighted by molar-refractivity contribution is -0.123. The highest BCUT2D eigenvalue weighted by molar-refractivity contribution is 5.81. The largest absolute Gasteiger partial charge is 0.385 e. The number of amides is 1. The lowest BCUT2D eigenvalue weighted by Gasteiger charge is -2.22. The smallest absolute Gasteiger partial charge is 0.237 e. The van der Waals surface area contributed by atoms with Crippen molar-refractivity contribution in [1.82, 2.24) is 10.2 Å². The summed E-state index contributed by atoms with van der Waals surface area (Å²) in [5.41, 5.74) is 5.83. The third kappa shape index (κ3) is 5.80. The number of nitrogens with zero attached hydrogens (tertiary/aromatic N) is 1. The zero-order chi connectivity index (χ0) is 13.4. The quantitative estimate of drug-likeness (QED) is 0.615. The maximum atomic E-state index is 11.8. The summed E-state index contributed by atoms with van der Waals surface area (Å²) < 4.78 is 4.95. The predicted molar refractivity (Wildman–Crippen MR) is 72.4 cm³/mol. The van der Waals surface area contributed by atoms with Gasteiger partial charge in [-0.2, -0.15) is 0 Å². The second-order valence-electron chi connectivity index (χ2n) is 5.16. The SMILES string of the molecule is COCCCC(N)C(=O)NC(C)CN1CCCC1. The van der Waals surface area contributed by atoms with Gasteiger partial charge in [-0.1, -0.05) is 0 Å². The van der Waals surface area contributed by atoms with E-state index in [9.17, 15) is 4.79 Å². The fourth-order valence-corrected chi connectivity index (χ4v) is 2.33. The van der Waals surface area contributed by atoms with E-state index in [-0.39, 0.29) is 11.9 Å². The van der Waals surface area contributed by atoms with Crippen LogP contribution in [0, 0.1) is 0 Å². The van der Waals surface area contributed by atoms with Gasteiger partial charge in [-0.25, -0.2) is 0 Å². The van der Waals surface area contributed by atoms with Gasteiger partial charge in [0.05, 0.1) is 6.04 Å². The van der Waals surface area contributed by atoms with Crippen molar-refractivity contribution in [2.45, 2.75) is 44.7 Å². The number of carbonyl (C=O) groups is 1. The number of carbonyl (C=O) groups excluding carboxylic acids is 1. The lowest BCUT2D eigenvalue weighted by Crippen LogP contribution is -2.48. The summed E-state index contributed by atoms with van der Waals surface area (Å²) in [5.74, 6) is -0.0437. The molecule has 18 heavy (non-hydrogen) atoms. The summed E-state index contributed by atoms with van der Waals surface area (Å²) in [6.45, 7) is 5.93. The van der Waals surface area contributed by atoms with E-state index in [4.69, 9.17) is 10.5 Å². The lowest BCUT2D eigenvalue weighted by atomic mass is 10.1. The van der Waals surface area contributed by atoms with Crippen molar-refractivity contribution in [3.63, 3.8) is 0 Å². The number of hydrogen-bond donors (Lipinski definition) is 2. The Labute approximate surface area is 110 Å². The summed E-state index contributed by atoms with van der Waals surface area (Å²) in [7, 11) is 1.66. The Kier molecular flexibility index (Phi) is 7.23. The number of rotatable bonds is 8. The second kappa shape index (κ2) is 8.45. The van der Waals surface area contributed by atoms with Crippen LogP contribution in [-0.2, 0) is 9.53 Å². The molecule has 0 aromatic heterocycles. The minimum atomic E-state index is -0.416. The van der Waals surface area contributed by atoms with Crippen LogP contribution >= 0.6 is 0 Å². The Morgan fingerprint density at radius 3 is 2.72 bits per heavy atom. The number of nitrogens with two attached hydrogens (primary N) is 1. The van der Waals surface area contributed by atoms with Gasteiger partial charge in [0.25, 0.3) is 0 Å². The highest BCUT2D eigenvalue weighted by atomic mass is 16.5. The molecule has 0 spiro atoms. The van der Waals surface area contributed by atoms with Crippen molar-refractivity contribution in [2.24, 2.45) is 5.73 Å². The van der Waals surface area contributed by atoms with Crippen molar-refractivity contribution >= 4 is 5.91 Å². The van der Waals surface area contributed by atoms with Crippen molar-refractivity contribution in [3.8, 4) is 0 Å². The Morgan fingerprint density at radius 1 is 1.44 bits per heavy atom. The van der Waals surface area contributed by atoms with E-state index >= 15 is 0 Å². The molecule has 1 saturated heterocycles. The highest BCUT2D eigenvalue weighted by Gasteiger charge is 2.18. The minimum absolute atomic E-state index is 0.0437.